The van der Waals surface area contributed by atoms with Crippen LogP contribution in [0.4, 0.5) is 21.0 Å². The number of carboxylic acids is 1. The lowest BCUT2D eigenvalue weighted by molar-refractivity contribution is -0.149. The first-order valence-corrected chi connectivity index (χ1v) is 19.5. The van der Waals surface area contributed by atoms with Crippen molar-refractivity contribution in [1.29, 1.82) is 0 Å². The molecular formula is C42H49ClN6O8. The van der Waals surface area contributed by atoms with E-state index in [2.05, 4.69) is 10.3 Å². The number of nitrogens with one attached hydrogen (secondary N) is 2. The Morgan fingerprint density at radius 1 is 0.965 bits per heavy atom. The first-order chi connectivity index (χ1) is 27.2. The molecule has 302 valence electrons. The van der Waals surface area contributed by atoms with Gasteiger partial charge in [0.25, 0.3) is 5.91 Å². The largest absolute Gasteiger partial charge is 0.481 e. The number of halogens is 1. The third-order valence-corrected chi connectivity index (χ3v) is 11.1. The van der Waals surface area contributed by atoms with Crippen LogP contribution in [-0.2, 0) is 14.3 Å². The summed E-state index contributed by atoms with van der Waals surface area (Å²) >= 11 is 6.51. The molecule has 0 saturated carbocycles. The third kappa shape index (κ3) is 9.18. The van der Waals surface area contributed by atoms with Crippen molar-refractivity contribution in [2.45, 2.75) is 44.6 Å². The minimum Gasteiger partial charge on any atom is -0.481 e. The molecule has 2 heterocycles. The summed E-state index contributed by atoms with van der Waals surface area (Å²) in [6.07, 6.45) is 3.69. The van der Waals surface area contributed by atoms with Gasteiger partial charge in [0, 0.05) is 73.6 Å². The van der Waals surface area contributed by atoms with Crippen LogP contribution >= 0.6 is 11.6 Å². The summed E-state index contributed by atoms with van der Waals surface area (Å²) in [7, 11) is 6.76. The molecule has 3 aromatic carbocycles. The Labute approximate surface area is 336 Å². The Bertz CT molecular complexity index is 2220. The maximum atomic E-state index is 14.2. The Morgan fingerprint density at radius 2 is 1.68 bits per heavy atom. The quantitative estimate of drug-likeness (QED) is 0.108. The standard InChI is InChI=1S/C42H49ClN6O8/c1-42(39(52)53)16-9-8-10-29(15-17-42)56-40(54)47(4)18-19-48(5)41(55)57-35-22-34-37(31-12-7-6-11-30(31)35)27(23-43)24-49(34)38(51)33-21-26-20-28(13-14-32(26)45-33)44-36(50)25-46(2)3/h6-8,10-14,20-22,27,29,45H,9,15-19,23-25H2,1-5H3,(H,44,50)(H,52,53)/b10-8+/t27-,29+,42-/m1/s1. The zero-order valence-corrected chi connectivity index (χ0v) is 33.6. The second kappa shape index (κ2) is 17.3. The average molecular weight is 801 g/mol. The molecule has 3 N–H and O–H groups in total. The highest BCUT2D eigenvalue weighted by Crippen LogP contribution is 2.46. The van der Waals surface area contributed by atoms with Crippen LogP contribution in [0.3, 0.4) is 0 Å². The van der Waals surface area contributed by atoms with Gasteiger partial charge < -0.3 is 44.5 Å². The van der Waals surface area contributed by atoms with Crippen molar-refractivity contribution in [3.63, 3.8) is 0 Å². The van der Waals surface area contributed by atoms with Gasteiger partial charge in [-0.3, -0.25) is 14.4 Å². The van der Waals surface area contributed by atoms with E-state index in [1.54, 1.807) is 55.1 Å². The molecule has 4 amide bonds. The van der Waals surface area contributed by atoms with E-state index < -0.39 is 29.7 Å². The lowest BCUT2D eigenvalue weighted by atomic mass is 9.79. The number of ether oxygens (including phenoxy) is 2. The van der Waals surface area contributed by atoms with Crippen LogP contribution in [0.2, 0.25) is 0 Å². The normalized spacial score (nSPS) is 19.7. The van der Waals surface area contributed by atoms with Crippen molar-refractivity contribution in [2.75, 3.05) is 70.5 Å². The number of nitrogens with zero attached hydrogens (tertiary/aromatic N) is 4. The average Bonchev–Trinajstić information content (AvgIpc) is 3.77. The first-order valence-electron chi connectivity index (χ1n) is 18.9. The number of aromatic nitrogens is 1. The van der Waals surface area contributed by atoms with Crippen molar-refractivity contribution in [1.82, 2.24) is 19.7 Å². The van der Waals surface area contributed by atoms with E-state index in [1.165, 1.54) is 9.80 Å². The SMILES string of the molecule is CN(C)CC(=O)Nc1ccc2[nH]c(C(=O)N3C[C@@H](CCl)c4c3cc(OC(=O)N(C)CCN(C)C(=O)O[C@H]3/C=C/CC[C@@](C)(C(=O)O)CC3)c3ccccc43)cc2c1. The number of rotatable bonds is 11. The van der Waals surface area contributed by atoms with Crippen LogP contribution in [0, 0.1) is 5.41 Å². The van der Waals surface area contributed by atoms with E-state index in [1.807, 2.05) is 56.6 Å². The van der Waals surface area contributed by atoms with Gasteiger partial charge in [-0.05, 0) is 88.0 Å². The topological polar surface area (TPSA) is 165 Å². The number of anilines is 2. The van der Waals surface area contributed by atoms with Gasteiger partial charge in [0.1, 0.15) is 17.5 Å². The molecule has 2 aliphatic rings. The Balaban J connectivity index is 1.15. The number of carboxylic acid groups (broad SMARTS) is 1. The van der Waals surface area contributed by atoms with E-state index in [4.69, 9.17) is 21.1 Å². The van der Waals surface area contributed by atoms with Crippen LogP contribution in [0.1, 0.15) is 54.6 Å². The predicted molar refractivity (Wildman–Crippen MR) is 219 cm³/mol. The number of carbonyl (C=O) groups is 5. The van der Waals surface area contributed by atoms with Crippen molar-refractivity contribution >= 4 is 74.6 Å². The second-order valence-corrected chi connectivity index (χ2v) is 15.7. The Hall–Kier alpha value is -5.60. The van der Waals surface area contributed by atoms with E-state index in [0.717, 1.165) is 21.9 Å². The summed E-state index contributed by atoms with van der Waals surface area (Å²) in [6, 6.07) is 16.4. The molecule has 0 fully saturated rings. The van der Waals surface area contributed by atoms with Crippen molar-refractivity contribution in [3.8, 4) is 5.75 Å². The van der Waals surface area contributed by atoms with Gasteiger partial charge in [0.15, 0.2) is 0 Å². The molecule has 1 aromatic heterocycles. The number of amides is 4. The number of benzene rings is 3. The molecule has 1 aliphatic heterocycles. The highest BCUT2D eigenvalue weighted by atomic mass is 35.5. The van der Waals surface area contributed by atoms with Gasteiger partial charge in [0.05, 0.1) is 17.6 Å². The number of alkyl halides is 1. The predicted octanol–water partition coefficient (Wildman–Crippen LogP) is 6.89. The molecule has 0 unspecified atom stereocenters. The number of aliphatic carboxylic acids is 1. The van der Waals surface area contributed by atoms with Gasteiger partial charge >= 0.3 is 18.2 Å². The summed E-state index contributed by atoms with van der Waals surface area (Å²) in [5, 5.41) is 14.8. The smallest absolute Gasteiger partial charge is 0.415 e. The lowest BCUT2D eigenvalue weighted by Gasteiger charge is -2.29. The summed E-state index contributed by atoms with van der Waals surface area (Å²) in [5.74, 6) is -0.953. The van der Waals surface area contributed by atoms with E-state index in [0.29, 0.717) is 54.7 Å². The highest BCUT2D eigenvalue weighted by Gasteiger charge is 2.37. The van der Waals surface area contributed by atoms with Crippen molar-refractivity contribution < 1.29 is 38.6 Å². The van der Waals surface area contributed by atoms with Crippen LogP contribution in [0.25, 0.3) is 21.7 Å². The van der Waals surface area contributed by atoms with Crippen molar-refractivity contribution in [3.05, 3.63) is 78.0 Å². The van der Waals surface area contributed by atoms with Gasteiger partial charge in [-0.25, -0.2) is 9.59 Å². The molecule has 0 bridgehead atoms. The lowest BCUT2D eigenvalue weighted by Crippen LogP contribution is -2.39. The van der Waals surface area contributed by atoms with Crippen LogP contribution in [-0.4, -0.2) is 121 Å². The molecule has 0 spiro atoms. The fraction of sp³-hybridized carbons (Fsp3) is 0.405. The fourth-order valence-corrected chi connectivity index (χ4v) is 7.54. The maximum absolute atomic E-state index is 14.2. The van der Waals surface area contributed by atoms with Crippen molar-refractivity contribution in [2.24, 2.45) is 5.41 Å². The molecule has 0 saturated heterocycles. The van der Waals surface area contributed by atoms with E-state index in [-0.39, 0.29) is 49.0 Å². The minimum absolute atomic E-state index is 0.130. The summed E-state index contributed by atoms with van der Waals surface area (Å²) < 4.78 is 11.7. The number of hydrogen-bond acceptors (Lipinski definition) is 8. The van der Waals surface area contributed by atoms with Gasteiger partial charge in [-0.1, -0.05) is 30.3 Å². The highest BCUT2D eigenvalue weighted by molar-refractivity contribution is 6.19. The second-order valence-electron chi connectivity index (χ2n) is 15.4. The first kappa shape index (κ1) is 41.0. The molecule has 4 aromatic rings. The number of hydrogen-bond donors (Lipinski definition) is 3. The molecular weight excluding hydrogens is 752 g/mol. The summed E-state index contributed by atoms with van der Waals surface area (Å²) in [4.78, 5) is 74.2. The maximum Gasteiger partial charge on any atom is 0.415 e. The molecule has 14 nitrogen and oxygen atoms in total. The number of fused-ring (bicyclic) bond motifs is 4. The number of allylic oxidation sites excluding steroid dienone is 1. The number of H-pyrrole nitrogens is 1. The molecule has 0 radical (unpaired) electrons. The van der Waals surface area contributed by atoms with E-state index >= 15 is 0 Å². The number of aromatic amines is 1. The van der Waals surface area contributed by atoms with Gasteiger partial charge in [-0.2, -0.15) is 0 Å². The number of carbonyl (C=O) groups excluding carboxylic acids is 4. The van der Waals surface area contributed by atoms with E-state index in [9.17, 15) is 29.1 Å². The zero-order valence-electron chi connectivity index (χ0n) is 32.8. The molecule has 1 aliphatic carbocycles. The minimum atomic E-state index is -0.885. The molecule has 15 heteroatoms. The molecule has 6 rings (SSSR count). The Morgan fingerprint density at radius 3 is 2.39 bits per heavy atom. The van der Waals surface area contributed by atoms with Crippen LogP contribution in [0.15, 0.2) is 66.7 Å². The zero-order chi connectivity index (χ0) is 41.0. The fourth-order valence-electron chi connectivity index (χ4n) is 7.29. The Kier molecular flexibility index (Phi) is 12.4. The molecule has 3 atom stereocenters. The summed E-state index contributed by atoms with van der Waals surface area (Å²) in [6.45, 7) is 2.54. The monoisotopic (exact) mass is 800 g/mol. The van der Waals surface area contributed by atoms with Crippen LogP contribution < -0.4 is 15.0 Å². The third-order valence-electron chi connectivity index (χ3n) is 10.7. The molecule has 57 heavy (non-hydrogen) atoms. The number of likely N-dealkylation sites (N-methyl/N-ethyl adjacent to an activating group) is 3. The van der Waals surface area contributed by atoms with Gasteiger partial charge in [0.2, 0.25) is 5.91 Å². The van der Waals surface area contributed by atoms with Crippen LogP contribution in [0.5, 0.6) is 5.75 Å². The summed E-state index contributed by atoms with van der Waals surface area (Å²) in [5.41, 5.74) is 2.28. The van der Waals surface area contributed by atoms with Gasteiger partial charge in [-0.15, -0.1) is 11.6 Å².